The Morgan fingerprint density at radius 2 is 1.97 bits per heavy atom. The molecule has 0 saturated carbocycles. The summed E-state index contributed by atoms with van der Waals surface area (Å²) in [6.07, 6.45) is 2.74. The number of fused-ring (bicyclic) bond motifs is 1. The van der Waals surface area contributed by atoms with Crippen LogP contribution in [0.4, 0.5) is 5.69 Å². The molecule has 7 heteroatoms. The molecule has 0 atom stereocenters. The van der Waals surface area contributed by atoms with E-state index in [2.05, 4.69) is 50.3 Å². The Labute approximate surface area is 186 Å². The number of nitrogens with zero attached hydrogens (tertiary/aromatic N) is 1. The first-order valence-corrected chi connectivity index (χ1v) is 11.2. The lowest BCUT2D eigenvalue weighted by molar-refractivity contribution is -0.110. The summed E-state index contributed by atoms with van der Waals surface area (Å²) in [4.78, 5) is 30.9. The highest BCUT2D eigenvalue weighted by molar-refractivity contribution is 9.10. The van der Waals surface area contributed by atoms with Gasteiger partial charge in [0.2, 0.25) is 0 Å². The Morgan fingerprint density at radius 1 is 1.23 bits per heavy atom. The number of benzene rings is 1. The number of H-pyrrole nitrogens is 1. The van der Waals surface area contributed by atoms with Gasteiger partial charge in [0.05, 0.1) is 11.1 Å². The van der Waals surface area contributed by atoms with Crippen molar-refractivity contribution in [1.29, 1.82) is 0 Å². The summed E-state index contributed by atoms with van der Waals surface area (Å²) in [6, 6.07) is 5.70. The van der Waals surface area contributed by atoms with E-state index in [1.165, 1.54) is 0 Å². The summed E-state index contributed by atoms with van der Waals surface area (Å²) in [5.74, 6) is -0.221. The van der Waals surface area contributed by atoms with Crippen LogP contribution in [0, 0.1) is 13.8 Å². The van der Waals surface area contributed by atoms with Gasteiger partial charge in [-0.25, -0.2) is 0 Å². The van der Waals surface area contributed by atoms with Gasteiger partial charge in [0.25, 0.3) is 11.8 Å². The van der Waals surface area contributed by atoms with Crippen LogP contribution < -0.4 is 10.6 Å². The smallest absolute Gasteiger partial charge is 0.256 e. The van der Waals surface area contributed by atoms with Crippen LogP contribution in [-0.4, -0.2) is 47.9 Å². The van der Waals surface area contributed by atoms with Crippen molar-refractivity contribution in [2.75, 3.05) is 31.5 Å². The summed E-state index contributed by atoms with van der Waals surface area (Å²) < 4.78 is 0.910. The normalized spacial score (nSPS) is 14.3. The molecule has 0 radical (unpaired) electrons. The van der Waals surface area contributed by atoms with Gasteiger partial charge in [-0.2, -0.15) is 0 Å². The molecule has 1 aliphatic heterocycles. The number of aromatic nitrogens is 1. The number of hydrogen-bond donors (Lipinski definition) is 3. The number of halogens is 1. The first-order valence-electron chi connectivity index (χ1n) is 10.4. The number of rotatable bonds is 8. The molecule has 0 fully saturated rings. The van der Waals surface area contributed by atoms with Crippen LogP contribution in [0.3, 0.4) is 0 Å². The Balaban J connectivity index is 1.76. The van der Waals surface area contributed by atoms with Crippen LogP contribution in [0.5, 0.6) is 0 Å². The van der Waals surface area contributed by atoms with Crippen LogP contribution in [0.25, 0.3) is 11.6 Å². The number of nitrogens with one attached hydrogen (secondary N) is 3. The predicted molar refractivity (Wildman–Crippen MR) is 126 cm³/mol. The fraction of sp³-hybridized carbons (Fsp3) is 0.391. The molecule has 0 spiro atoms. The summed E-state index contributed by atoms with van der Waals surface area (Å²) >= 11 is 3.46. The predicted octanol–water partition coefficient (Wildman–Crippen LogP) is 4.35. The topological polar surface area (TPSA) is 77.2 Å². The fourth-order valence-electron chi connectivity index (χ4n) is 3.84. The lowest BCUT2D eigenvalue weighted by Gasteiger charge is -2.17. The first-order chi connectivity index (χ1) is 14.3. The largest absolute Gasteiger partial charge is 0.358 e. The van der Waals surface area contributed by atoms with Crippen molar-refractivity contribution >= 4 is 45.1 Å². The molecule has 0 saturated heterocycles. The van der Waals surface area contributed by atoms with E-state index in [1.54, 1.807) is 0 Å². The zero-order chi connectivity index (χ0) is 21.8. The Kier molecular flexibility index (Phi) is 7.15. The van der Waals surface area contributed by atoms with E-state index < -0.39 is 0 Å². The molecular weight excluding hydrogens is 444 g/mol. The average Bonchev–Trinajstić information content (AvgIpc) is 3.17. The number of anilines is 1. The third-order valence-corrected chi connectivity index (χ3v) is 6.08. The van der Waals surface area contributed by atoms with Gasteiger partial charge in [0.15, 0.2) is 0 Å². The minimum atomic E-state index is -0.142. The zero-order valence-electron chi connectivity index (χ0n) is 18.0. The van der Waals surface area contributed by atoms with E-state index >= 15 is 0 Å². The molecule has 1 aliphatic rings. The summed E-state index contributed by atoms with van der Waals surface area (Å²) in [5, 5.41) is 5.92. The zero-order valence-corrected chi connectivity index (χ0v) is 19.6. The second kappa shape index (κ2) is 9.62. The quantitative estimate of drug-likeness (QED) is 0.394. The van der Waals surface area contributed by atoms with Gasteiger partial charge in [0.1, 0.15) is 0 Å². The van der Waals surface area contributed by atoms with Gasteiger partial charge in [-0.05, 0) is 69.7 Å². The number of aryl methyl sites for hydroxylation is 1. The highest BCUT2D eigenvalue weighted by atomic mass is 79.9. The van der Waals surface area contributed by atoms with Crippen LogP contribution in [0.1, 0.15) is 53.1 Å². The van der Waals surface area contributed by atoms with Gasteiger partial charge < -0.3 is 20.5 Å². The number of amides is 2. The third-order valence-electron chi connectivity index (χ3n) is 5.59. The number of carbonyl (C=O) groups excluding carboxylic acids is 2. The van der Waals surface area contributed by atoms with Crippen molar-refractivity contribution in [2.24, 2.45) is 0 Å². The summed E-state index contributed by atoms with van der Waals surface area (Å²) in [5.41, 5.74) is 5.30. The summed E-state index contributed by atoms with van der Waals surface area (Å²) in [6.45, 7) is 11.7. The van der Waals surface area contributed by atoms with E-state index in [9.17, 15) is 9.59 Å². The van der Waals surface area contributed by atoms with E-state index in [0.717, 1.165) is 58.7 Å². The second-order valence-electron chi connectivity index (χ2n) is 7.50. The molecule has 160 valence electrons. The SMILES string of the molecule is CCN(CC)CCCNC(=O)c1c(C)[nH]c(C=C2C(=O)Nc3ccc(Br)cc32)c1C. The molecule has 30 heavy (non-hydrogen) atoms. The van der Waals surface area contributed by atoms with Gasteiger partial charge >= 0.3 is 0 Å². The number of carbonyl (C=O) groups is 2. The average molecular weight is 473 g/mol. The van der Waals surface area contributed by atoms with E-state index in [1.807, 2.05) is 38.1 Å². The van der Waals surface area contributed by atoms with Crippen molar-refractivity contribution in [1.82, 2.24) is 15.2 Å². The molecule has 2 heterocycles. The molecule has 0 bridgehead atoms. The van der Waals surface area contributed by atoms with Gasteiger partial charge in [-0.1, -0.05) is 29.8 Å². The molecule has 3 rings (SSSR count). The second-order valence-corrected chi connectivity index (χ2v) is 8.42. The third kappa shape index (κ3) is 4.68. The minimum Gasteiger partial charge on any atom is -0.358 e. The molecular formula is C23H29BrN4O2. The van der Waals surface area contributed by atoms with Gasteiger partial charge in [0, 0.05) is 33.7 Å². The number of aromatic amines is 1. The fourth-order valence-corrected chi connectivity index (χ4v) is 4.20. The van der Waals surface area contributed by atoms with Crippen molar-refractivity contribution in [3.05, 3.63) is 50.8 Å². The molecule has 0 aliphatic carbocycles. The molecule has 2 amide bonds. The van der Waals surface area contributed by atoms with Gasteiger partial charge in [-0.15, -0.1) is 0 Å². The molecule has 1 aromatic heterocycles. The molecule has 0 unspecified atom stereocenters. The lowest BCUT2D eigenvalue weighted by Crippen LogP contribution is -2.30. The van der Waals surface area contributed by atoms with E-state index in [-0.39, 0.29) is 11.8 Å². The maximum atomic E-state index is 12.8. The van der Waals surface area contributed by atoms with Crippen LogP contribution in [0.15, 0.2) is 22.7 Å². The first kappa shape index (κ1) is 22.3. The van der Waals surface area contributed by atoms with Crippen molar-refractivity contribution in [3.8, 4) is 0 Å². The highest BCUT2D eigenvalue weighted by Crippen LogP contribution is 2.35. The van der Waals surface area contributed by atoms with Gasteiger partial charge in [-0.3, -0.25) is 9.59 Å². The molecule has 3 N–H and O–H groups in total. The Bertz CT molecular complexity index is 989. The maximum Gasteiger partial charge on any atom is 0.256 e. The van der Waals surface area contributed by atoms with Crippen LogP contribution in [-0.2, 0) is 4.79 Å². The maximum absolute atomic E-state index is 12.8. The van der Waals surface area contributed by atoms with E-state index in [0.29, 0.717) is 17.7 Å². The standard InChI is InChI=1S/C23H29BrN4O2/c1-5-28(6-2)11-7-10-25-23(30)21-14(3)20(26-15(21)4)13-18-17-12-16(24)8-9-19(17)27-22(18)29/h8-9,12-13,26H,5-7,10-11H2,1-4H3,(H,25,30)(H,27,29). The van der Waals surface area contributed by atoms with Crippen molar-refractivity contribution in [3.63, 3.8) is 0 Å². The van der Waals surface area contributed by atoms with Crippen molar-refractivity contribution < 1.29 is 9.59 Å². The van der Waals surface area contributed by atoms with Crippen LogP contribution >= 0.6 is 15.9 Å². The number of hydrogen-bond acceptors (Lipinski definition) is 3. The molecule has 1 aromatic carbocycles. The Morgan fingerprint density at radius 3 is 2.67 bits per heavy atom. The van der Waals surface area contributed by atoms with Crippen LogP contribution in [0.2, 0.25) is 0 Å². The van der Waals surface area contributed by atoms with E-state index in [4.69, 9.17) is 0 Å². The molecule has 2 aromatic rings. The molecule has 6 nitrogen and oxygen atoms in total. The minimum absolute atomic E-state index is 0.0792. The Hall–Kier alpha value is -2.38. The monoisotopic (exact) mass is 472 g/mol. The van der Waals surface area contributed by atoms with Crippen molar-refractivity contribution in [2.45, 2.75) is 34.1 Å². The summed E-state index contributed by atoms with van der Waals surface area (Å²) in [7, 11) is 0. The lowest BCUT2D eigenvalue weighted by atomic mass is 10.0. The highest BCUT2D eigenvalue weighted by Gasteiger charge is 2.25.